The number of nitrogens with one attached hydrogen (secondary N) is 2. The van der Waals surface area contributed by atoms with Gasteiger partial charge in [-0.25, -0.2) is 10.2 Å². The zero-order valence-corrected chi connectivity index (χ0v) is 10.5. The van der Waals surface area contributed by atoms with Crippen molar-refractivity contribution in [3.05, 3.63) is 0 Å². The van der Waals surface area contributed by atoms with Gasteiger partial charge in [0.15, 0.2) is 0 Å². The molecule has 0 aromatic carbocycles. The molecule has 0 spiro atoms. The zero-order valence-electron chi connectivity index (χ0n) is 10.5. The van der Waals surface area contributed by atoms with Gasteiger partial charge < -0.3 is 4.74 Å². The fraction of sp³-hybridized carbons (Fsp3) is 0.833. The SMILES string of the molecule is CCOC(=O)NNC(=O)CCC1CCCCC1. The minimum Gasteiger partial charge on any atom is -0.449 e. The maximum atomic E-state index is 11.4. The Morgan fingerprint density at radius 2 is 1.88 bits per heavy atom. The summed E-state index contributed by atoms with van der Waals surface area (Å²) in [6, 6.07) is 0. The Morgan fingerprint density at radius 1 is 1.18 bits per heavy atom. The van der Waals surface area contributed by atoms with E-state index >= 15 is 0 Å². The van der Waals surface area contributed by atoms with E-state index in [9.17, 15) is 9.59 Å². The molecule has 1 rings (SSSR count). The van der Waals surface area contributed by atoms with E-state index in [0.29, 0.717) is 18.9 Å². The van der Waals surface area contributed by atoms with Crippen molar-refractivity contribution in [2.75, 3.05) is 6.61 Å². The molecule has 1 aliphatic carbocycles. The van der Waals surface area contributed by atoms with Crippen LogP contribution in [0.15, 0.2) is 0 Å². The number of amides is 2. The Labute approximate surface area is 102 Å². The first kappa shape index (κ1) is 13.8. The smallest absolute Gasteiger partial charge is 0.426 e. The van der Waals surface area contributed by atoms with Gasteiger partial charge in [0.25, 0.3) is 0 Å². The summed E-state index contributed by atoms with van der Waals surface area (Å²) in [5.74, 6) is 0.528. The van der Waals surface area contributed by atoms with Crippen molar-refractivity contribution in [1.82, 2.24) is 10.9 Å². The van der Waals surface area contributed by atoms with E-state index in [1.807, 2.05) is 0 Å². The van der Waals surface area contributed by atoms with E-state index in [4.69, 9.17) is 0 Å². The molecule has 0 aliphatic heterocycles. The molecule has 0 aromatic rings. The molecule has 0 bridgehead atoms. The summed E-state index contributed by atoms with van der Waals surface area (Å²) in [6.07, 6.45) is 7.14. The summed E-state index contributed by atoms with van der Waals surface area (Å²) in [4.78, 5) is 22.3. The first-order chi connectivity index (χ1) is 8.22. The Balaban J connectivity index is 2.06. The number of hydrazine groups is 1. The molecule has 2 N–H and O–H groups in total. The molecule has 0 radical (unpaired) electrons. The average Bonchev–Trinajstić information content (AvgIpc) is 2.35. The van der Waals surface area contributed by atoms with Crippen LogP contribution < -0.4 is 10.9 Å². The first-order valence-electron chi connectivity index (χ1n) is 6.44. The molecule has 0 unspecified atom stereocenters. The van der Waals surface area contributed by atoms with Crippen molar-refractivity contribution in [3.63, 3.8) is 0 Å². The number of ether oxygens (including phenoxy) is 1. The van der Waals surface area contributed by atoms with Gasteiger partial charge in [0, 0.05) is 6.42 Å². The molecule has 1 saturated carbocycles. The van der Waals surface area contributed by atoms with Gasteiger partial charge in [-0.15, -0.1) is 0 Å². The quantitative estimate of drug-likeness (QED) is 0.742. The highest BCUT2D eigenvalue weighted by molar-refractivity contribution is 5.78. The van der Waals surface area contributed by atoms with Crippen molar-refractivity contribution in [2.45, 2.75) is 51.9 Å². The molecule has 0 aromatic heterocycles. The molecule has 0 saturated heterocycles. The summed E-state index contributed by atoms with van der Waals surface area (Å²) >= 11 is 0. The van der Waals surface area contributed by atoms with Gasteiger partial charge in [-0.3, -0.25) is 10.2 Å². The van der Waals surface area contributed by atoms with Crippen LogP contribution in [-0.4, -0.2) is 18.6 Å². The van der Waals surface area contributed by atoms with E-state index in [2.05, 4.69) is 15.6 Å². The number of carbonyl (C=O) groups is 2. The third kappa shape index (κ3) is 6.14. The van der Waals surface area contributed by atoms with Crippen molar-refractivity contribution < 1.29 is 14.3 Å². The Bertz CT molecular complexity index is 250. The van der Waals surface area contributed by atoms with Crippen LogP contribution in [0.3, 0.4) is 0 Å². The highest BCUT2D eigenvalue weighted by Crippen LogP contribution is 2.26. The molecule has 2 amide bonds. The van der Waals surface area contributed by atoms with Crippen LogP contribution in [0.1, 0.15) is 51.9 Å². The molecule has 1 aliphatic rings. The summed E-state index contributed by atoms with van der Waals surface area (Å²) in [5.41, 5.74) is 4.55. The molecule has 5 nitrogen and oxygen atoms in total. The van der Waals surface area contributed by atoms with Gasteiger partial charge in [0.05, 0.1) is 6.61 Å². The minimum absolute atomic E-state index is 0.149. The van der Waals surface area contributed by atoms with E-state index in [1.54, 1.807) is 6.92 Å². The van der Waals surface area contributed by atoms with Crippen molar-refractivity contribution >= 4 is 12.0 Å². The monoisotopic (exact) mass is 242 g/mol. The van der Waals surface area contributed by atoms with Gasteiger partial charge in [-0.05, 0) is 19.3 Å². The lowest BCUT2D eigenvalue weighted by molar-refractivity contribution is -0.122. The van der Waals surface area contributed by atoms with Crippen LogP contribution in [-0.2, 0) is 9.53 Å². The van der Waals surface area contributed by atoms with Gasteiger partial charge >= 0.3 is 6.09 Å². The van der Waals surface area contributed by atoms with Gasteiger partial charge in [-0.2, -0.15) is 0 Å². The van der Waals surface area contributed by atoms with Crippen LogP contribution in [0, 0.1) is 5.92 Å². The third-order valence-electron chi connectivity index (χ3n) is 3.08. The number of hydrogen-bond acceptors (Lipinski definition) is 3. The predicted octanol–water partition coefficient (Wildman–Crippen LogP) is 2.12. The summed E-state index contributed by atoms with van der Waals surface area (Å²) in [6.45, 7) is 2.01. The van der Waals surface area contributed by atoms with Crippen molar-refractivity contribution in [2.24, 2.45) is 5.92 Å². The fourth-order valence-corrected chi connectivity index (χ4v) is 2.16. The topological polar surface area (TPSA) is 67.4 Å². The second kappa shape index (κ2) is 7.92. The molecule has 17 heavy (non-hydrogen) atoms. The summed E-state index contributed by atoms with van der Waals surface area (Å²) in [7, 11) is 0. The average molecular weight is 242 g/mol. The summed E-state index contributed by atoms with van der Waals surface area (Å²) in [5, 5.41) is 0. The van der Waals surface area contributed by atoms with Gasteiger partial charge in [0.1, 0.15) is 0 Å². The normalized spacial score (nSPS) is 16.3. The van der Waals surface area contributed by atoms with Crippen LogP contribution in [0.5, 0.6) is 0 Å². The van der Waals surface area contributed by atoms with Crippen LogP contribution >= 0.6 is 0 Å². The van der Waals surface area contributed by atoms with Crippen molar-refractivity contribution in [1.29, 1.82) is 0 Å². The molecular weight excluding hydrogens is 220 g/mol. The highest BCUT2D eigenvalue weighted by Gasteiger charge is 2.14. The highest BCUT2D eigenvalue weighted by atomic mass is 16.5. The molecule has 1 fully saturated rings. The van der Waals surface area contributed by atoms with E-state index in [0.717, 1.165) is 6.42 Å². The largest absolute Gasteiger partial charge is 0.449 e. The third-order valence-corrected chi connectivity index (χ3v) is 3.08. The zero-order chi connectivity index (χ0) is 12.5. The maximum absolute atomic E-state index is 11.4. The second-order valence-corrected chi connectivity index (χ2v) is 4.44. The van der Waals surface area contributed by atoms with E-state index in [-0.39, 0.29) is 5.91 Å². The number of hydrogen-bond donors (Lipinski definition) is 2. The van der Waals surface area contributed by atoms with Gasteiger partial charge in [-0.1, -0.05) is 32.1 Å². The Hall–Kier alpha value is -1.26. The van der Waals surface area contributed by atoms with Crippen LogP contribution in [0.4, 0.5) is 4.79 Å². The lowest BCUT2D eigenvalue weighted by atomic mass is 9.86. The Kier molecular flexibility index (Phi) is 6.43. The van der Waals surface area contributed by atoms with E-state index < -0.39 is 6.09 Å². The second-order valence-electron chi connectivity index (χ2n) is 4.44. The van der Waals surface area contributed by atoms with Crippen LogP contribution in [0.25, 0.3) is 0 Å². The predicted molar refractivity (Wildman–Crippen MR) is 64.1 cm³/mol. The first-order valence-corrected chi connectivity index (χ1v) is 6.44. The van der Waals surface area contributed by atoms with Crippen LogP contribution in [0.2, 0.25) is 0 Å². The number of rotatable bonds is 4. The molecule has 0 heterocycles. The summed E-state index contributed by atoms with van der Waals surface area (Å²) < 4.78 is 4.62. The maximum Gasteiger partial charge on any atom is 0.426 e. The van der Waals surface area contributed by atoms with Crippen molar-refractivity contribution in [3.8, 4) is 0 Å². The fourth-order valence-electron chi connectivity index (χ4n) is 2.16. The lowest BCUT2D eigenvalue weighted by Crippen LogP contribution is -2.42. The lowest BCUT2D eigenvalue weighted by Gasteiger charge is -2.20. The standard InChI is InChI=1S/C12H22N2O3/c1-2-17-12(16)14-13-11(15)9-8-10-6-4-3-5-7-10/h10H,2-9H2,1H3,(H,13,15)(H,14,16). The molecule has 98 valence electrons. The van der Waals surface area contributed by atoms with E-state index in [1.165, 1.54) is 32.1 Å². The molecule has 0 atom stereocenters. The Morgan fingerprint density at radius 3 is 2.53 bits per heavy atom. The number of carbonyl (C=O) groups excluding carboxylic acids is 2. The van der Waals surface area contributed by atoms with Gasteiger partial charge in [0.2, 0.25) is 5.91 Å². The molecular formula is C12H22N2O3. The minimum atomic E-state index is -0.612. The molecule has 5 heteroatoms.